The van der Waals surface area contributed by atoms with E-state index < -0.39 is 0 Å². The average molecular weight is 255 g/mol. The summed E-state index contributed by atoms with van der Waals surface area (Å²) < 4.78 is 0. The molecule has 0 spiro atoms. The van der Waals surface area contributed by atoms with Crippen LogP contribution in [-0.2, 0) is 6.61 Å². The smallest absolute Gasteiger partial charge is 0.0681 e. The van der Waals surface area contributed by atoms with Gasteiger partial charge in [0.05, 0.1) is 6.61 Å². The summed E-state index contributed by atoms with van der Waals surface area (Å²) in [5.74, 6) is 0. The van der Waals surface area contributed by atoms with E-state index in [0.717, 1.165) is 11.3 Å². The molecule has 0 aliphatic rings. The van der Waals surface area contributed by atoms with Crippen molar-refractivity contribution in [2.24, 2.45) is 0 Å². The first-order valence-corrected chi connectivity index (χ1v) is 6.30. The number of rotatable bonds is 3. The molecule has 0 aliphatic carbocycles. The molecule has 0 saturated carbocycles. The molecule has 0 atom stereocenters. The fourth-order valence-electron chi connectivity index (χ4n) is 1.63. The number of hydrogen-bond donors (Lipinski definition) is 2. The lowest BCUT2D eigenvalue weighted by atomic mass is 10.0. The van der Waals surface area contributed by atoms with E-state index in [1.807, 2.05) is 38.2 Å². The van der Waals surface area contributed by atoms with E-state index in [0.29, 0.717) is 0 Å². The lowest BCUT2D eigenvalue weighted by Gasteiger charge is -2.04. The first-order valence-electron chi connectivity index (χ1n) is 6.30. The number of allylic oxidation sites excluding steroid dienone is 1. The van der Waals surface area contributed by atoms with E-state index >= 15 is 0 Å². The van der Waals surface area contributed by atoms with Gasteiger partial charge in [-0.1, -0.05) is 42.5 Å². The van der Waals surface area contributed by atoms with Crippen molar-refractivity contribution in [1.29, 1.82) is 0 Å². The van der Waals surface area contributed by atoms with Crippen LogP contribution in [0.1, 0.15) is 12.5 Å². The van der Waals surface area contributed by atoms with Crippen LogP contribution < -0.4 is 5.32 Å². The Morgan fingerprint density at radius 3 is 1.79 bits per heavy atom. The Balaban J connectivity index is 0.000000550. The molecule has 0 saturated heterocycles. The lowest BCUT2D eigenvalue weighted by Crippen LogP contribution is -1.87. The first-order chi connectivity index (χ1) is 9.24. The molecular formula is C17H21NO. The van der Waals surface area contributed by atoms with Gasteiger partial charge in [-0.15, -0.1) is 6.58 Å². The lowest BCUT2D eigenvalue weighted by molar-refractivity contribution is 0.282. The van der Waals surface area contributed by atoms with Gasteiger partial charge < -0.3 is 10.4 Å². The molecule has 0 amide bonds. The van der Waals surface area contributed by atoms with Crippen molar-refractivity contribution >= 4 is 5.69 Å². The van der Waals surface area contributed by atoms with Crippen LogP contribution >= 0.6 is 0 Å². The summed E-state index contributed by atoms with van der Waals surface area (Å²) in [5, 5.41) is 12.0. The summed E-state index contributed by atoms with van der Waals surface area (Å²) in [6.45, 7) is 5.35. The first kappa shape index (κ1) is 15.0. The Morgan fingerprint density at radius 1 is 1.00 bits per heavy atom. The van der Waals surface area contributed by atoms with Crippen molar-refractivity contribution in [2.45, 2.75) is 13.5 Å². The minimum absolute atomic E-state index is 0.0962. The van der Waals surface area contributed by atoms with Crippen molar-refractivity contribution in [1.82, 2.24) is 0 Å². The van der Waals surface area contributed by atoms with E-state index in [-0.39, 0.29) is 6.61 Å². The van der Waals surface area contributed by atoms with Crippen molar-refractivity contribution in [2.75, 3.05) is 12.4 Å². The van der Waals surface area contributed by atoms with E-state index in [1.54, 1.807) is 6.08 Å². The molecule has 0 fully saturated rings. The highest BCUT2D eigenvalue weighted by molar-refractivity contribution is 5.66. The Morgan fingerprint density at radius 2 is 1.42 bits per heavy atom. The topological polar surface area (TPSA) is 32.3 Å². The van der Waals surface area contributed by atoms with E-state index in [9.17, 15) is 0 Å². The highest BCUT2D eigenvalue weighted by Crippen LogP contribution is 2.21. The fraction of sp³-hybridized carbons (Fsp3) is 0.176. The standard InChI is InChI=1S/C14H15NO.C3H6/c1-15-14-8-6-13(7-9-14)12-4-2-11(10-16)3-5-12;1-3-2/h2-9,15-16H,10H2,1H3;3H,1H2,2H3. The summed E-state index contributed by atoms with van der Waals surface area (Å²) >= 11 is 0. The predicted octanol–water partition coefficient (Wildman–Crippen LogP) is 4.08. The third-order valence-electron chi connectivity index (χ3n) is 2.64. The molecule has 19 heavy (non-hydrogen) atoms. The molecule has 2 N–H and O–H groups in total. The minimum atomic E-state index is 0.0962. The number of aliphatic hydroxyl groups is 1. The van der Waals surface area contributed by atoms with Crippen LogP contribution in [0.3, 0.4) is 0 Å². The van der Waals surface area contributed by atoms with Crippen LogP contribution in [0.5, 0.6) is 0 Å². The summed E-state index contributed by atoms with van der Waals surface area (Å²) in [4.78, 5) is 0. The normalized spacial score (nSPS) is 9.21. The van der Waals surface area contributed by atoms with Gasteiger partial charge in [0, 0.05) is 12.7 Å². The van der Waals surface area contributed by atoms with Crippen molar-refractivity contribution in [3.8, 4) is 11.1 Å². The summed E-state index contributed by atoms with van der Waals surface area (Å²) in [5.41, 5.74) is 4.40. The average Bonchev–Trinajstić information content (AvgIpc) is 2.48. The minimum Gasteiger partial charge on any atom is -0.392 e. The Bertz CT molecular complexity index is 440. The number of nitrogens with one attached hydrogen (secondary N) is 1. The molecular weight excluding hydrogens is 234 g/mol. The zero-order chi connectivity index (χ0) is 14.1. The molecule has 2 heteroatoms. The van der Waals surface area contributed by atoms with Gasteiger partial charge in [-0.3, -0.25) is 0 Å². The number of anilines is 1. The molecule has 0 radical (unpaired) electrons. The van der Waals surface area contributed by atoms with E-state index in [2.05, 4.69) is 36.2 Å². The molecule has 2 rings (SSSR count). The van der Waals surface area contributed by atoms with Crippen LogP contribution in [-0.4, -0.2) is 12.2 Å². The van der Waals surface area contributed by atoms with Crippen molar-refractivity contribution < 1.29 is 5.11 Å². The molecule has 2 aromatic carbocycles. The van der Waals surface area contributed by atoms with E-state index in [4.69, 9.17) is 5.11 Å². The third-order valence-corrected chi connectivity index (χ3v) is 2.64. The predicted molar refractivity (Wildman–Crippen MR) is 83.2 cm³/mol. The van der Waals surface area contributed by atoms with Gasteiger partial charge in [0.2, 0.25) is 0 Å². The Hall–Kier alpha value is -2.06. The molecule has 0 unspecified atom stereocenters. The zero-order valence-corrected chi connectivity index (χ0v) is 11.6. The summed E-state index contributed by atoms with van der Waals surface area (Å²) in [6.07, 6.45) is 1.75. The maximum atomic E-state index is 8.96. The van der Waals surface area contributed by atoms with Gasteiger partial charge in [-0.2, -0.15) is 0 Å². The SMILES string of the molecule is C=CC.CNc1ccc(-c2ccc(CO)cc2)cc1. The fourth-order valence-corrected chi connectivity index (χ4v) is 1.63. The second kappa shape index (κ2) is 8.11. The van der Waals surface area contributed by atoms with Gasteiger partial charge in [0.15, 0.2) is 0 Å². The van der Waals surface area contributed by atoms with Crippen LogP contribution in [0.15, 0.2) is 61.2 Å². The monoisotopic (exact) mass is 255 g/mol. The second-order valence-electron chi connectivity index (χ2n) is 4.09. The Kier molecular flexibility index (Phi) is 6.41. The molecule has 2 nitrogen and oxygen atoms in total. The van der Waals surface area contributed by atoms with Gasteiger partial charge in [0.1, 0.15) is 0 Å². The van der Waals surface area contributed by atoms with Gasteiger partial charge in [0.25, 0.3) is 0 Å². The molecule has 2 aromatic rings. The van der Waals surface area contributed by atoms with Crippen LogP contribution in [0, 0.1) is 0 Å². The number of hydrogen-bond acceptors (Lipinski definition) is 2. The maximum Gasteiger partial charge on any atom is 0.0681 e. The molecule has 0 aliphatic heterocycles. The zero-order valence-electron chi connectivity index (χ0n) is 11.6. The van der Waals surface area contributed by atoms with Crippen LogP contribution in [0.25, 0.3) is 11.1 Å². The summed E-state index contributed by atoms with van der Waals surface area (Å²) in [7, 11) is 1.91. The second-order valence-corrected chi connectivity index (χ2v) is 4.09. The van der Waals surface area contributed by atoms with E-state index in [1.165, 1.54) is 11.1 Å². The molecule has 0 heterocycles. The number of benzene rings is 2. The molecule has 0 bridgehead atoms. The quantitative estimate of drug-likeness (QED) is 0.810. The third kappa shape index (κ3) is 4.60. The van der Waals surface area contributed by atoms with Crippen molar-refractivity contribution in [3.63, 3.8) is 0 Å². The molecule has 0 aromatic heterocycles. The van der Waals surface area contributed by atoms with Crippen molar-refractivity contribution in [3.05, 3.63) is 66.7 Å². The number of aliphatic hydroxyl groups excluding tert-OH is 1. The maximum absolute atomic E-state index is 8.96. The largest absolute Gasteiger partial charge is 0.392 e. The highest BCUT2D eigenvalue weighted by atomic mass is 16.3. The van der Waals surface area contributed by atoms with Gasteiger partial charge >= 0.3 is 0 Å². The van der Waals surface area contributed by atoms with Gasteiger partial charge in [-0.05, 0) is 35.7 Å². The molecule has 100 valence electrons. The Labute approximate surface area is 115 Å². The van der Waals surface area contributed by atoms with Gasteiger partial charge in [-0.25, -0.2) is 0 Å². The summed E-state index contributed by atoms with van der Waals surface area (Å²) in [6, 6.07) is 16.2. The van der Waals surface area contributed by atoms with Crippen LogP contribution in [0.2, 0.25) is 0 Å². The highest BCUT2D eigenvalue weighted by Gasteiger charge is 1.97. The van der Waals surface area contributed by atoms with Crippen LogP contribution in [0.4, 0.5) is 5.69 Å².